The number of carbonyl (C=O) groups excluding carboxylic acids is 3. The lowest BCUT2D eigenvalue weighted by Gasteiger charge is -2.26. The molecule has 4 rings (SSSR count). The van der Waals surface area contributed by atoms with Gasteiger partial charge in [-0.2, -0.15) is 0 Å². The van der Waals surface area contributed by atoms with E-state index in [1.165, 1.54) is 16.0 Å². The summed E-state index contributed by atoms with van der Waals surface area (Å²) in [6.45, 7) is 0.313. The van der Waals surface area contributed by atoms with Crippen molar-refractivity contribution in [3.8, 4) is 0 Å². The van der Waals surface area contributed by atoms with Gasteiger partial charge in [0.25, 0.3) is 0 Å². The first-order chi connectivity index (χ1) is 17.9. The van der Waals surface area contributed by atoms with Crippen molar-refractivity contribution in [3.63, 3.8) is 0 Å². The van der Waals surface area contributed by atoms with Gasteiger partial charge in [0.1, 0.15) is 12.1 Å². The summed E-state index contributed by atoms with van der Waals surface area (Å²) in [6.07, 6.45) is 3.35. The largest absolute Gasteiger partial charge is 0.383 e. The highest BCUT2D eigenvalue weighted by molar-refractivity contribution is 5.98. The van der Waals surface area contributed by atoms with Gasteiger partial charge in [0.2, 0.25) is 17.7 Å². The first-order valence-corrected chi connectivity index (χ1v) is 13.1. The van der Waals surface area contributed by atoms with Crippen LogP contribution in [-0.4, -0.2) is 65.0 Å². The number of likely N-dealkylation sites (tertiary alicyclic amines) is 1. The van der Waals surface area contributed by atoms with Gasteiger partial charge in [-0.15, -0.1) is 0 Å². The molecule has 1 saturated heterocycles. The maximum Gasteiger partial charge on any atom is 0.249 e. The van der Waals surface area contributed by atoms with Gasteiger partial charge in [0, 0.05) is 18.3 Å². The fourth-order valence-electron chi connectivity index (χ4n) is 5.20. The number of nitrogens with two attached hydrogens (primary N) is 2. The van der Waals surface area contributed by atoms with Crippen LogP contribution in [0.4, 0.5) is 5.69 Å². The zero-order valence-corrected chi connectivity index (χ0v) is 21.1. The molecule has 2 aromatic carbocycles. The molecule has 198 valence electrons. The lowest BCUT2D eigenvalue weighted by molar-refractivity contribution is -0.138. The van der Waals surface area contributed by atoms with E-state index in [1.807, 2.05) is 48.5 Å². The molecule has 3 amide bonds. The summed E-state index contributed by atoms with van der Waals surface area (Å²) in [5.74, 6) is -1.21. The first-order valence-electron chi connectivity index (χ1n) is 13.1. The van der Waals surface area contributed by atoms with Crippen LogP contribution in [0.1, 0.15) is 42.4 Å². The molecule has 1 aliphatic carbocycles. The Balaban J connectivity index is 1.45. The van der Waals surface area contributed by atoms with Crippen molar-refractivity contribution in [2.24, 2.45) is 11.5 Å². The molecule has 37 heavy (non-hydrogen) atoms. The van der Waals surface area contributed by atoms with Crippen LogP contribution in [0.25, 0.3) is 0 Å². The van der Waals surface area contributed by atoms with E-state index in [2.05, 4.69) is 10.6 Å². The number of aryl methyl sites for hydroxylation is 3. The fraction of sp³-hybridized carbons (Fsp3) is 0.464. The lowest BCUT2D eigenvalue weighted by atomic mass is 10.0. The Morgan fingerprint density at radius 1 is 1.05 bits per heavy atom. The van der Waals surface area contributed by atoms with E-state index < -0.39 is 30.1 Å². The van der Waals surface area contributed by atoms with Crippen LogP contribution >= 0.6 is 0 Å². The predicted molar refractivity (Wildman–Crippen MR) is 142 cm³/mol. The molecule has 4 atom stereocenters. The number of hydrogen-bond acceptors (Lipinski definition) is 6. The molecule has 0 radical (unpaired) electrons. The molecule has 7 N–H and O–H groups in total. The van der Waals surface area contributed by atoms with E-state index in [1.54, 1.807) is 0 Å². The number of aliphatic hydroxyl groups is 1. The van der Waals surface area contributed by atoms with Crippen molar-refractivity contribution < 1.29 is 19.5 Å². The Labute approximate surface area is 217 Å². The predicted octanol–water partition coefficient (Wildman–Crippen LogP) is 0.869. The average molecular weight is 508 g/mol. The van der Waals surface area contributed by atoms with Crippen LogP contribution < -0.4 is 22.1 Å². The summed E-state index contributed by atoms with van der Waals surface area (Å²) in [6, 6.07) is 13.6. The van der Waals surface area contributed by atoms with Gasteiger partial charge in [-0.05, 0) is 80.3 Å². The van der Waals surface area contributed by atoms with Crippen LogP contribution in [0.5, 0.6) is 0 Å². The van der Waals surface area contributed by atoms with E-state index in [0.717, 1.165) is 24.8 Å². The molecule has 0 unspecified atom stereocenters. The Hall–Kier alpha value is -3.27. The third kappa shape index (κ3) is 6.74. The minimum Gasteiger partial charge on any atom is -0.383 e. The average Bonchev–Trinajstić information content (AvgIpc) is 3.54. The van der Waals surface area contributed by atoms with Gasteiger partial charge in [-0.25, -0.2) is 0 Å². The summed E-state index contributed by atoms with van der Waals surface area (Å²) in [7, 11) is 0. The number of anilines is 1. The van der Waals surface area contributed by atoms with Gasteiger partial charge >= 0.3 is 0 Å². The second-order valence-electron chi connectivity index (χ2n) is 10.00. The molecule has 9 nitrogen and oxygen atoms in total. The summed E-state index contributed by atoms with van der Waals surface area (Å²) in [5.41, 5.74) is 16.1. The van der Waals surface area contributed by atoms with Crippen LogP contribution in [-0.2, 0) is 33.6 Å². The second kappa shape index (κ2) is 12.3. The van der Waals surface area contributed by atoms with Crippen LogP contribution in [0.3, 0.4) is 0 Å². The second-order valence-corrected chi connectivity index (χ2v) is 10.00. The smallest absolute Gasteiger partial charge is 0.249 e. The zero-order chi connectivity index (χ0) is 26.4. The third-order valence-corrected chi connectivity index (χ3v) is 7.25. The summed E-state index contributed by atoms with van der Waals surface area (Å²) < 4.78 is 0. The maximum atomic E-state index is 13.4. The highest BCUT2D eigenvalue weighted by Crippen LogP contribution is 2.26. The number of fused-ring (bicyclic) bond motifs is 1. The molecule has 0 saturated carbocycles. The van der Waals surface area contributed by atoms with Crippen molar-refractivity contribution in [3.05, 3.63) is 65.2 Å². The molecule has 9 heteroatoms. The van der Waals surface area contributed by atoms with E-state index in [4.69, 9.17) is 11.5 Å². The van der Waals surface area contributed by atoms with E-state index in [-0.39, 0.29) is 37.7 Å². The fourth-order valence-corrected chi connectivity index (χ4v) is 5.20. The van der Waals surface area contributed by atoms with Crippen molar-refractivity contribution in [2.45, 2.75) is 69.2 Å². The van der Waals surface area contributed by atoms with E-state index >= 15 is 0 Å². The topological polar surface area (TPSA) is 151 Å². The number of benzene rings is 2. The molecule has 1 fully saturated rings. The molecule has 1 heterocycles. The summed E-state index contributed by atoms with van der Waals surface area (Å²) in [4.78, 5) is 40.6. The Morgan fingerprint density at radius 3 is 2.57 bits per heavy atom. The van der Waals surface area contributed by atoms with Crippen molar-refractivity contribution >= 4 is 23.4 Å². The molecule has 0 spiro atoms. The van der Waals surface area contributed by atoms with Crippen molar-refractivity contribution in [1.82, 2.24) is 10.2 Å². The molecular formula is C28H37N5O4. The van der Waals surface area contributed by atoms with Gasteiger partial charge in [-0.1, -0.05) is 36.4 Å². The summed E-state index contributed by atoms with van der Waals surface area (Å²) in [5, 5.41) is 15.7. The van der Waals surface area contributed by atoms with Gasteiger partial charge in [0.05, 0.1) is 6.04 Å². The minimum atomic E-state index is -1.23. The quantitative estimate of drug-likeness (QED) is 0.322. The van der Waals surface area contributed by atoms with Crippen molar-refractivity contribution in [1.29, 1.82) is 0 Å². The molecule has 0 aromatic heterocycles. The summed E-state index contributed by atoms with van der Waals surface area (Å²) >= 11 is 0. The van der Waals surface area contributed by atoms with Gasteiger partial charge < -0.3 is 32.1 Å². The lowest BCUT2D eigenvalue weighted by Crippen LogP contribution is -2.50. The Kier molecular flexibility index (Phi) is 8.91. The van der Waals surface area contributed by atoms with E-state index in [9.17, 15) is 19.5 Å². The Morgan fingerprint density at radius 2 is 1.81 bits per heavy atom. The highest BCUT2D eigenvalue weighted by atomic mass is 16.3. The van der Waals surface area contributed by atoms with E-state index in [0.29, 0.717) is 18.5 Å². The van der Waals surface area contributed by atoms with Crippen molar-refractivity contribution in [2.75, 3.05) is 18.4 Å². The Bertz CT molecular complexity index is 1110. The van der Waals surface area contributed by atoms with Crippen LogP contribution in [0.2, 0.25) is 0 Å². The van der Waals surface area contributed by atoms with Crippen LogP contribution in [0.15, 0.2) is 48.5 Å². The normalized spacial score (nSPS) is 20.2. The zero-order valence-electron chi connectivity index (χ0n) is 21.1. The third-order valence-electron chi connectivity index (χ3n) is 7.25. The number of rotatable bonds is 10. The first kappa shape index (κ1) is 26.8. The molecular weight excluding hydrogens is 470 g/mol. The van der Waals surface area contributed by atoms with Gasteiger partial charge in [-0.3, -0.25) is 14.4 Å². The molecule has 0 bridgehead atoms. The monoisotopic (exact) mass is 507 g/mol. The standard InChI is InChI=1S/C28H37N5O4/c29-14-13-25(34)27(36)32-22-16-24(26(35)31-21-11-10-19-7-4-8-20(19)15-21)33(17-22)28(37)23(30)12-9-18-5-2-1-3-6-18/h1-3,5-6,10-11,15,22-25,34H,4,7-9,12-14,16-17,29-30H2,(H,31,35)(H,32,36)/t22-,23+,24+,25+/m1/s1. The molecule has 2 aromatic rings. The molecule has 2 aliphatic rings. The van der Waals surface area contributed by atoms with Gasteiger partial charge in [0.15, 0.2) is 0 Å². The number of nitrogens with zero attached hydrogens (tertiary/aromatic N) is 1. The SMILES string of the molecule is NCC[C@H](O)C(=O)N[C@@H]1C[C@@H](C(=O)Nc2ccc3c(c2)CCC3)N(C(=O)[C@@H](N)CCc2ccccc2)C1. The number of aliphatic hydroxyl groups excluding tert-OH is 1. The minimum absolute atomic E-state index is 0.133. The number of amides is 3. The highest BCUT2D eigenvalue weighted by Gasteiger charge is 2.42. The molecule has 1 aliphatic heterocycles. The number of carbonyl (C=O) groups is 3. The maximum absolute atomic E-state index is 13.4. The number of hydrogen-bond donors (Lipinski definition) is 5. The van der Waals surface area contributed by atoms with Crippen LogP contribution in [0, 0.1) is 0 Å². The number of nitrogens with one attached hydrogen (secondary N) is 2.